The molecule has 3 aromatic heterocycles. The highest BCUT2D eigenvalue weighted by Crippen LogP contribution is 2.37. The van der Waals surface area contributed by atoms with Crippen LogP contribution in [0.2, 0.25) is 0 Å². The lowest BCUT2D eigenvalue weighted by atomic mass is 10.1. The molecule has 2 N–H and O–H groups in total. The Bertz CT molecular complexity index is 1460. The van der Waals surface area contributed by atoms with Gasteiger partial charge in [0.2, 0.25) is 0 Å². The molecule has 9 heteroatoms. The summed E-state index contributed by atoms with van der Waals surface area (Å²) in [5.74, 6) is 1.12. The van der Waals surface area contributed by atoms with Crippen LogP contribution in [0.15, 0.2) is 36.5 Å². The van der Waals surface area contributed by atoms with E-state index >= 15 is 0 Å². The molecule has 5 rings (SSSR count). The maximum atomic E-state index is 13.1. The molecule has 1 atom stereocenters. The monoisotopic (exact) mass is 506 g/mol. The Morgan fingerprint density at radius 2 is 2.11 bits per heavy atom. The summed E-state index contributed by atoms with van der Waals surface area (Å²) in [5.41, 5.74) is 3.18. The van der Waals surface area contributed by atoms with Crippen molar-refractivity contribution in [1.82, 2.24) is 19.8 Å². The third-order valence-corrected chi connectivity index (χ3v) is 8.02. The third kappa shape index (κ3) is 4.22. The number of benzene rings is 1. The van der Waals surface area contributed by atoms with Crippen LogP contribution in [0, 0.1) is 6.92 Å². The van der Waals surface area contributed by atoms with Gasteiger partial charge in [-0.05, 0) is 44.4 Å². The molecule has 36 heavy (non-hydrogen) atoms. The number of aliphatic hydroxyl groups excluding tert-OH is 1. The fourth-order valence-corrected chi connectivity index (χ4v) is 5.90. The second kappa shape index (κ2) is 9.91. The number of amides is 2. The third-order valence-electron chi connectivity index (χ3n) is 6.89. The smallest absolute Gasteiger partial charge is 0.264 e. The average molecular weight is 507 g/mol. The molecule has 1 aliphatic heterocycles. The number of ether oxygens (including phenoxy) is 1. The molecule has 0 saturated carbocycles. The Kier molecular flexibility index (Phi) is 6.68. The van der Waals surface area contributed by atoms with Crippen LogP contribution in [-0.4, -0.2) is 57.1 Å². The highest BCUT2D eigenvalue weighted by molar-refractivity contribution is 7.21. The van der Waals surface area contributed by atoms with E-state index in [2.05, 4.69) is 10.3 Å². The minimum Gasteiger partial charge on any atom is -0.456 e. The standard InChI is InChI=1S/C27H30N4O4S/c1-4-10-29-26(33)24-16(2)30(3)21-13-18(7-8-19(21)24)35-22-9-11-28-20-14-23(36-25(20)22)27(34)31-12-5-6-17(31)15-32/h7-9,11,13-14,17,32H,4-6,10,12,15H2,1-3H3,(H,29,33)/t17-/m0/s1. The number of carbonyl (C=O) groups excluding carboxylic acids is 2. The molecule has 0 spiro atoms. The molecular formula is C27H30N4O4S. The zero-order valence-corrected chi connectivity index (χ0v) is 21.5. The van der Waals surface area contributed by atoms with E-state index in [1.807, 2.05) is 43.7 Å². The number of fused-ring (bicyclic) bond motifs is 2. The van der Waals surface area contributed by atoms with Crippen LogP contribution in [0.4, 0.5) is 0 Å². The molecule has 4 aromatic rings. The highest BCUT2D eigenvalue weighted by atomic mass is 32.1. The van der Waals surface area contributed by atoms with Gasteiger partial charge in [0.05, 0.1) is 38.8 Å². The molecule has 0 aliphatic carbocycles. The van der Waals surface area contributed by atoms with E-state index < -0.39 is 0 Å². The molecule has 1 aliphatic rings. The van der Waals surface area contributed by atoms with Gasteiger partial charge >= 0.3 is 0 Å². The lowest BCUT2D eigenvalue weighted by Crippen LogP contribution is -2.37. The zero-order chi connectivity index (χ0) is 25.4. The number of likely N-dealkylation sites (tertiary alicyclic amines) is 1. The summed E-state index contributed by atoms with van der Waals surface area (Å²) in [6.45, 7) is 5.24. The van der Waals surface area contributed by atoms with Crippen molar-refractivity contribution < 1.29 is 19.4 Å². The van der Waals surface area contributed by atoms with Gasteiger partial charge in [-0.1, -0.05) is 6.92 Å². The number of aromatic nitrogens is 2. The van der Waals surface area contributed by atoms with Crippen LogP contribution >= 0.6 is 11.3 Å². The van der Waals surface area contributed by atoms with Crippen molar-refractivity contribution in [2.75, 3.05) is 19.7 Å². The number of nitrogens with zero attached hydrogens (tertiary/aromatic N) is 3. The van der Waals surface area contributed by atoms with Gasteiger partial charge in [-0.25, -0.2) is 0 Å². The van der Waals surface area contributed by atoms with E-state index in [-0.39, 0.29) is 24.5 Å². The van der Waals surface area contributed by atoms with Crippen LogP contribution in [0.1, 0.15) is 51.9 Å². The predicted octanol–water partition coefficient (Wildman–Crippen LogP) is 4.63. The molecule has 0 unspecified atom stereocenters. The Labute approximate surface area is 213 Å². The van der Waals surface area contributed by atoms with Crippen LogP contribution in [0.3, 0.4) is 0 Å². The van der Waals surface area contributed by atoms with Gasteiger partial charge in [0.1, 0.15) is 11.5 Å². The first kappa shape index (κ1) is 24.3. The molecule has 4 heterocycles. The van der Waals surface area contributed by atoms with Crippen molar-refractivity contribution in [3.8, 4) is 11.5 Å². The Hall–Kier alpha value is -3.43. The Balaban J connectivity index is 1.46. The molecule has 2 amide bonds. The highest BCUT2D eigenvalue weighted by Gasteiger charge is 2.30. The van der Waals surface area contributed by atoms with Crippen LogP contribution < -0.4 is 10.1 Å². The largest absolute Gasteiger partial charge is 0.456 e. The topological polar surface area (TPSA) is 96.7 Å². The SMILES string of the molecule is CCCNC(=O)c1c(C)n(C)c2cc(Oc3ccnc4cc(C(=O)N5CCC[C@H]5CO)sc34)ccc12. The molecule has 1 saturated heterocycles. The minimum atomic E-state index is -0.124. The first-order valence-electron chi connectivity index (χ1n) is 12.3. The number of thiophene rings is 1. The Morgan fingerprint density at radius 3 is 2.89 bits per heavy atom. The summed E-state index contributed by atoms with van der Waals surface area (Å²) in [5, 5.41) is 13.5. The molecule has 0 bridgehead atoms. The molecule has 8 nitrogen and oxygen atoms in total. The number of rotatable bonds is 7. The fraction of sp³-hybridized carbons (Fsp3) is 0.370. The van der Waals surface area contributed by atoms with Crippen molar-refractivity contribution in [1.29, 1.82) is 0 Å². The van der Waals surface area contributed by atoms with E-state index in [0.717, 1.165) is 40.6 Å². The zero-order valence-electron chi connectivity index (χ0n) is 20.7. The number of carbonyl (C=O) groups is 2. The normalized spacial score (nSPS) is 15.7. The number of hydrogen-bond donors (Lipinski definition) is 2. The number of pyridine rings is 1. The minimum absolute atomic E-state index is 0.0215. The van der Waals surface area contributed by atoms with Crippen LogP contribution in [0.5, 0.6) is 11.5 Å². The van der Waals surface area contributed by atoms with Crippen LogP contribution in [0.25, 0.3) is 21.1 Å². The lowest BCUT2D eigenvalue weighted by molar-refractivity contribution is 0.0682. The van der Waals surface area contributed by atoms with E-state index in [1.54, 1.807) is 23.2 Å². The second-order valence-electron chi connectivity index (χ2n) is 9.17. The van der Waals surface area contributed by atoms with Gasteiger partial charge in [0, 0.05) is 49.5 Å². The van der Waals surface area contributed by atoms with Gasteiger partial charge in [-0.15, -0.1) is 11.3 Å². The lowest BCUT2D eigenvalue weighted by Gasteiger charge is -2.22. The molecule has 188 valence electrons. The van der Waals surface area contributed by atoms with Gasteiger partial charge in [-0.2, -0.15) is 0 Å². The Morgan fingerprint density at radius 1 is 1.28 bits per heavy atom. The van der Waals surface area contributed by atoms with Gasteiger partial charge < -0.3 is 24.6 Å². The van der Waals surface area contributed by atoms with Crippen molar-refractivity contribution in [3.05, 3.63) is 52.7 Å². The number of aryl methyl sites for hydroxylation is 1. The van der Waals surface area contributed by atoms with Crippen molar-refractivity contribution in [2.45, 2.75) is 39.2 Å². The average Bonchev–Trinajstić information content (AvgIpc) is 3.60. The fourth-order valence-electron chi connectivity index (χ4n) is 4.88. The van der Waals surface area contributed by atoms with Gasteiger partial charge in [0.25, 0.3) is 11.8 Å². The summed E-state index contributed by atoms with van der Waals surface area (Å²) in [6, 6.07) is 9.18. The number of hydrogen-bond acceptors (Lipinski definition) is 6. The van der Waals surface area contributed by atoms with Gasteiger partial charge in [0.15, 0.2) is 0 Å². The first-order valence-corrected chi connectivity index (χ1v) is 13.1. The number of nitrogens with one attached hydrogen (secondary N) is 1. The summed E-state index contributed by atoms with van der Waals surface area (Å²) in [7, 11) is 1.94. The predicted molar refractivity (Wildman–Crippen MR) is 141 cm³/mol. The summed E-state index contributed by atoms with van der Waals surface area (Å²) < 4.78 is 9.08. The summed E-state index contributed by atoms with van der Waals surface area (Å²) in [4.78, 5) is 32.7. The maximum absolute atomic E-state index is 13.1. The molecule has 0 radical (unpaired) electrons. The maximum Gasteiger partial charge on any atom is 0.264 e. The van der Waals surface area contributed by atoms with E-state index in [9.17, 15) is 14.7 Å². The molecule has 1 fully saturated rings. The van der Waals surface area contributed by atoms with E-state index in [1.165, 1.54) is 11.3 Å². The van der Waals surface area contributed by atoms with Crippen LogP contribution in [-0.2, 0) is 7.05 Å². The molecule has 1 aromatic carbocycles. The first-order chi connectivity index (χ1) is 17.4. The summed E-state index contributed by atoms with van der Waals surface area (Å²) >= 11 is 1.36. The van der Waals surface area contributed by atoms with Crippen molar-refractivity contribution in [2.24, 2.45) is 7.05 Å². The van der Waals surface area contributed by atoms with E-state index in [4.69, 9.17) is 4.74 Å². The number of aliphatic hydroxyl groups is 1. The van der Waals surface area contributed by atoms with Crippen molar-refractivity contribution >= 4 is 44.3 Å². The second-order valence-corrected chi connectivity index (χ2v) is 10.2. The van der Waals surface area contributed by atoms with Gasteiger partial charge in [-0.3, -0.25) is 14.6 Å². The van der Waals surface area contributed by atoms with E-state index in [0.29, 0.717) is 40.5 Å². The molecular weight excluding hydrogens is 476 g/mol. The van der Waals surface area contributed by atoms with Crippen molar-refractivity contribution in [3.63, 3.8) is 0 Å². The summed E-state index contributed by atoms with van der Waals surface area (Å²) in [6.07, 6.45) is 4.27. The quantitative estimate of drug-likeness (QED) is 0.381.